The number of aryl methyl sites for hydroxylation is 2. The molecular weight excluding hydrogens is 296 g/mol. The number of hydrogen-bond acceptors (Lipinski definition) is 2. The van der Waals surface area contributed by atoms with Gasteiger partial charge in [-0.25, -0.2) is 4.98 Å². The maximum Gasteiger partial charge on any atom is 0.300 e. The molecule has 1 aromatic carbocycles. The zero-order valence-corrected chi connectivity index (χ0v) is 14.6. The Bertz CT molecular complexity index is 867. The van der Waals surface area contributed by atoms with Crippen LogP contribution in [-0.2, 0) is 0 Å². The Balaban J connectivity index is 1.54. The van der Waals surface area contributed by atoms with Crippen molar-refractivity contribution in [3.8, 4) is 0 Å². The number of hydrogen-bond donors (Lipinski definition) is 1. The van der Waals surface area contributed by atoms with E-state index in [0.29, 0.717) is 12.0 Å². The fourth-order valence-electron chi connectivity index (χ4n) is 3.81. The lowest BCUT2D eigenvalue weighted by atomic mass is 9.90. The van der Waals surface area contributed by atoms with E-state index in [-0.39, 0.29) is 0 Å². The first-order valence-corrected chi connectivity index (χ1v) is 8.81. The molecule has 24 heavy (non-hydrogen) atoms. The van der Waals surface area contributed by atoms with Gasteiger partial charge in [0.25, 0.3) is 5.82 Å². The van der Waals surface area contributed by atoms with Crippen LogP contribution in [0.15, 0.2) is 36.7 Å². The minimum Gasteiger partial charge on any atom is -0.369 e. The quantitative estimate of drug-likeness (QED) is 0.781. The molecule has 0 aliphatic carbocycles. The second-order valence-corrected chi connectivity index (χ2v) is 7.09. The molecule has 0 radical (unpaired) electrons. The molecule has 124 valence electrons. The number of piperidine rings is 1. The molecule has 4 rings (SSSR count). The average Bonchev–Trinajstić information content (AvgIpc) is 3.05. The first-order valence-electron chi connectivity index (χ1n) is 8.81. The Morgan fingerprint density at radius 1 is 1.21 bits per heavy atom. The minimum atomic E-state index is 0.502. The van der Waals surface area contributed by atoms with E-state index in [2.05, 4.69) is 53.8 Å². The van der Waals surface area contributed by atoms with Gasteiger partial charge in [-0.2, -0.15) is 0 Å². The predicted octanol–water partition coefficient (Wildman–Crippen LogP) is 3.77. The van der Waals surface area contributed by atoms with Crippen molar-refractivity contribution in [2.75, 3.05) is 11.4 Å². The minimum absolute atomic E-state index is 0.502. The highest BCUT2D eigenvalue weighted by molar-refractivity contribution is 5.72. The molecule has 1 fully saturated rings. The molecule has 4 heteroatoms. The van der Waals surface area contributed by atoms with Crippen LogP contribution in [0.4, 0.5) is 5.69 Å². The zero-order valence-electron chi connectivity index (χ0n) is 14.6. The Morgan fingerprint density at radius 3 is 2.88 bits per heavy atom. The van der Waals surface area contributed by atoms with E-state index >= 15 is 0 Å². The second kappa shape index (κ2) is 5.93. The SMILES string of the molecule is Cc1ccc(N2CCC(c3nc4cc[nH]c4c[nH+]3)CC2C)cc1C. The van der Waals surface area contributed by atoms with Crippen LogP contribution in [0, 0.1) is 13.8 Å². The Kier molecular flexibility index (Phi) is 3.75. The summed E-state index contributed by atoms with van der Waals surface area (Å²) in [6.45, 7) is 7.78. The highest BCUT2D eigenvalue weighted by Gasteiger charge is 2.31. The van der Waals surface area contributed by atoms with Crippen molar-refractivity contribution in [2.45, 2.75) is 45.6 Å². The summed E-state index contributed by atoms with van der Waals surface area (Å²) in [6.07, 6.45) is 6.25. The highest BCUT2D eigenvalue weighted by Crippen LogP contribution is 2.33. The van der Waals surface area contributed by atoms with Gasteiger partial charge in [0, 0.05) is 30.5 Å². The van der Waals surface area contributed by atoms with Crippen LogP contribution in [0.1, 0.15) is 42.6 Å². The van der Waals surface area contributed by atoms with E-state index in [9.17, 15) is 0 Å². The number of aromatic nitrogens is 3. The van der Waals surface area contributed by atoms with Gasteiger partial charge in [-0.1, -0.05) is 6.07 Å². The van der Waals surface area contributed by atoms with Gasteiger partial charge in [-0.3, -0.25) is 0 Å². The molecule has 0 bridgehead atoms. The van der Waals surface area contributed by atoms with Crippen LogP contribution in [-0.4, -0.2) is 22.6 Å². The summed E-state index contributed by atoms with van der Waals surface area (Å²) in [5.74, 6) is 1.62. The van der Waals surface area contributed by atoms with Gasteiger partial charge >= 0.3 is 0 Å². The number of rotatable bonds is 2. The molecule has 2 unspecified atom stereocenters. The lowest BCUT2D eigenvalue weighted by molar-refractivity contribution is -0.396. The van der Waals surface area contributed by atoms with Crippen molar-refractivity contribution in [1.82, 2.24) is 9.97 Å². The Morgan fingerprint density at radius 2 is 2.08 bits per heavy atom. The second-order valence-electron chi connectivity index (χ2n) is 7.09. The number of nitrogens with one attached hydrogen (secondary N) is 2. The third-order valence-corrected chi connectivity index (χ3v) is 5.45. The van der Waals surface area contributed by atoms with Gasteiger partial charge in [0.15, 0.2) is 0 Å². The van der Waals surface area contributed by atoms with Crippen molar-refractivity contribution in [1.29, 1.82) is 0 Å². The van der Waals surface area contributed by atoms with E-state index < -0.39 is 0 Å². The molecule has 1 aliphatic heterocycles. The molecule has 1 saturated heterocycles. The van der Waals surface area contributed by atoms with E-state index in [4.69, 9.17) is 4.98 Å². The summed E-state index contributed by atoms with van der Waals surface area (Å²) in [5.41, 5.74) is 6.20. The van der Waals surface area contributed by atoms with Crippen molar-refractivity contribution >= 4 is 16.7 Å². The summed E-state index contributed by atoms with van der Waals surface area (Å²) in [5, 5.41) is 0. The number of nitrogens with zero attached hydrogens (tertiary/aromatic N) is 2. The van der Waals surface area contributed by atoms with Crippen LogP contribution >= 0.6 is 0 Å². The van der Waals surface area contributed by atoms with Gasteiger partial charge in [-0.05, 0) is 61.9 Å². The third kappa shape index (κ3) is 2.66. The summed E-state index contributed by atoms with van der Waals surface area (Å²) in [7, 11) is 0. The normalized spacial score (nSPS) is 21.4. The molecule has 0 saturated carbocycles. The molecule has 4 nitrogen and oxygen atoms in total. The maximum absolute atomic E-state index is 4.81. The van der Waals surface area contributed by atoms with E-state index in [1.54, 1.807) is 0 Å². The van der Waals surface area contributed by atoms with E-state index in [1.165, 1.54) is 16.8 Å². The molecule has 2 N–H and O–H groups in total. The molecule has 0 amide bonds. The average molecular weight is 321 g/mol. The van der Waals surface area contributed by atoms with Gasteiger partial charge in [0.2, 0.25) is 5.52 Å². The molecular formula is C20H25N4+. The molecule has 3 heterocycles. The summed E-state index contributed by atoms with van der Waals surface area (Å²) < 4.78 is 0. The standard InChI is InChI=1S/C20H24N4/c1-13-4-5-17(10-14(13)2)24-9-7-16(11-15(24)3)20-22-12-19-18(23-20)6-8-21-19/h4-6,8,10,12,15-16,21H,7,9,11H2,1-3H3/p+1. The van der Waals surface area contributed by atoms with Crippen molar-refractivity contribution in [3.05, 3.63) is 53.6 Å². The first kappa shape index (κ1) is 15.2. The summed E-state index contributed by atoms with van der Waals surface area (Å²) in [6, 6.07) is 9.37. The number of H-pyrrole nitrogens is 2. The van der Waals surface area contributed by atoms with Crippen molar-refractivity contribution in [2.24, 2.45) is 0 Å². The van der Waals surface area contributed by atoms with Crippen LogP contribution < -0.4 is 9.88 Å². The predicted molar refractivity (Wildman–Crippen MR) is 97.3 cm³/mol. The first-order chi connectivity index (χ1) is 11.6. The Hall–Kier alpha value is -2.36. The number of benzene rings is 1. The van der Waals surface area contributed by atoms with Gasteiger partial charge in [0.1, 0.15) is 11.7 Å². The van der Waals surface area contributed by atoms with Gasteiger partial charge in [-0.15, -0.1) is 0 Å². The lowest BCUT2D eigenvalue weighted by Crippen LogP contribution is -2.41. The topological polar surface area (TPSA) is 46.1 Å². The molecule has 2 atom stereocenters. The van der Waals surface area contributed by atoms with Gasteiger partial charge < -0.3 is 9.88 Å². The lowest BCUT2D eigenvalue weighted by Gasteiger charge is -2.38. The summed E-state index contributed by atoms with van der Waals surface area (Å²) in [4.78, 5) is 13.9. The zero-order chi connectivity index (χ0) is 16.7. The Labute approximate surface area is 142 Å². The van der Waals surface area contributed by atoms with Crippen LogP contribution in [0.25, 0.3) is 11.0 Å². The van der Waals surface area contributed by atoms with Crippen LogP contribution in [0.2, 0.25) is 0 Å². The fourth-order valence-corrected chi connectivity index (χ4v) is 3.81. The summed E-state index contributed by atoms with van der Waals surface area (Å²) >= 11 is 0. The van der Waals surface area contributed by atoms with E-state index in [1.807, 2.05) is 18.5 Å². The number of anilines is 1. The van der Waals surface area contributed by atoms with E-state index in [0.717, 1.165) is 36.2 Å². The van der Waals surface area contributed by atoms with Crippen LogP contribution in [0.5, 0.6) is 0 Å². The maximum atomic E-state index is 4.81. The molecule has 0 spiro atoms. The van der Waals surface area contributed by atoms with Crippen molar-refractivity contribution in [3.63, 3.8) is 0 Å². The smallest absolute Gasteiger partial charge is 0.300 e. The number of fused-ring (bicyclic) bond motifs is 1. The molecule has 2 aromatic heterocycles. The van der Waals surface area contributed by atoms with Gasteiger partial charge in [0.05, 0.1) is 5.92 Å². The molecule has 3 aromatic rings. The monoisotopic (exact) mass is 321 g/mol. The number of aromatic amines is 2. The largest absolute Gasteiger partial charge is 0.369 e. The third-order valence-electron chi connectivity index (χ3n) is 5.45. The molecule has 1 aliphatic rings. The highest BCUT2D eigenvalue weighted by atomic mass is 15.2. The van der Waals surface area contributed by atoms with Crippen LogP contribution in [0.3, 0.4) is 0 Å². The van der Waals surface area contributed by atoms with Crippen molar-refractivity contribution < 1.29 is 4.98 Å². The fraction of sp³-hybridized carbons (Fsp3) is 0.400.